The van der Waals surface area contributed by atoms with E-state index in [1.54, 1.807) is 7.11 Å². The summed E-state index contributed by atoms with van der Waals surface area (Å²) in [7, 11) is 3.10. The van der Waals surface area contributed by atoms with E-state index in [-0.39, 0.29) is 18.4 Å². The SMILES string of the molecule is CNC(=O)NC(=O)CN1CCN(CC(=O)NCCCOC)CC1. The monoisotopic (exact) mass is 329 g/mol. The Morgan fingerprint density at radius 2 is 1.57 bits per heavy atom. The van der Waals surface area contributed by atoms with Crippen LogP contribution < -0.4 is 16.0 Å². The van der Waals surface area contributed by atoms with Crippen LogP contribution in [-0.2, 0) is 14.3 Å². The summed E-state index contributed by atoms with van der Waals surface area (Å²) >= 11 is 0. The van der Waals surface area contributed by atoms with Crippen LogP contribution in [0.1, 0.15) is 6.42 Å². The zero-order valence-corrected chi connectivity index (χ0v) is 13.9. The molecule has 1 aliphatic rings. The predicted octanol–water partition coefficient (Wildman–Crippen LogP) is -1.79. The van der Waals surface area contributed by atoms with Crippen molar-refractivity contribution in [1.29, 1.82) is 0 Å². The average molecular weight is 329 g/mol. The number of carbonyl (C=O) groups is 3. The number of imide groups is 1. The second kappa shape index (κ2) is 10.9. The van der Waals surface area contributed by atoms with Crippen LogP contribution in [0.15, 0.2) is 0 Å². The van der Waals surface area contributed by atoms with E-state index in [1.165, 1.54) is 7.05 Å². The van der Waals surface area contributed by atoms with Gasteiger partial charge in [-0.3, -0.25) is 24.7 Å². The number of hydrogen-bond donors (Lipinski definition) is 3. The van der Waals surface area contributed by atoms with E-state index in [1.807, 2.05) is 4.90 Å². The molecule has 0 atom stereocenters. The Morgan fingerprint density at radius 3 is 2.09 bits per heavy atom. The van der Waals surface area contributed by atoms with Crippen LogP contribution in [0.2, 0.25) is 0 Å². The summed E-state index contributed by atoms with van der Waals surface area (Å²) in [6, 6.07) is -0.501. The molecule has 0 aromatic carbocycles. The van der Waals surface area contributed by atoms with E-state index in [4.69, 9.17) is 4.74 Å². The van der Waals surface area contributed by atoms with Crippen LogP contribution in [0.4, 0.5) is 4.79 Å². The second-order valence-corrected chi connectivity index (χ2v) is 5.38. The summed E-state index contributed by atoms with van der Waals surface area (Å²) in [5, 5.41) is 7.43. The molecule has 1 aliphatic heterocycles. The van der Waals surface area contributed by atoms with Crippen molar-refractivity contribution in [3.8, 4) is 0 Å². The van der Waals surface area contributed by atoms with Gasteiger partial charge in [0.15, 0.2) is 0 Å². The maximum Gasteiger partial charge on any atom is 0.321 e. The minimum absolute atomic E-state index is 0.00640. The molecule has 9 nitrogen and oxygen atoms in total. The van der Waals surface area contributed by atoms with Gasteiger partial charge in [0.25, 0.3) is 0 Å². The van der Waals surface area contributed by atoms with Crippen LogP contribution in [0, 0.1) is 0 Å². The van der Waals surface area contributed by atoms with Crippen molar-refractivity contribution in [1.82, 2.24) is 25.8 Å². The maximum absolute atomic E-state index is 11.8. The zero-order valence-electron chi connectivity index (χ0n) is 13.9. The van der Waals surface area contributed by atoms with E-state index in [0.29, 0.717) is 32.8 Å². The zero-order chi connectivity index (χ0) is 17.1. The molecule has 1 saturated heterocycles. The number of ether oxygens (including phenoxy) is 1. The molecule has 0 aliphatic carbocycles. The smallest absolute Gasteiger partial charge is 0.321 e. The van der Waals surface area contributed by atoms with Gasteiger partial charge < -0.3 is 15.4 Å². The molecular weight excluding hydrogens is 302 g/mol. The Kier molecular flexibility index (Phi) is 9.18. The molecular formula is C14H27N5O4. The van der Waals surface area contributed by atoms with Gasteiger partial charge in [0.1, 0.15) is 0 Å². The Bertz CT molecular complexity index is 397. The van der Waals surface area contributed by atoms with Crippen LogP contribution in [0.3, 0.4) is 0 Å². The third-order valence-corrected chi connectivity index (χ3v) is 3.53. The lowest BCUT2D eigenvalue weighted by Gasteiger charge is -2.33. The van der Waals surface area contributed by atoms with Gasteiger partial charge >= 0.3 is 6.03 Å². The highest BCUT2D eigenvalue weighted by Crippen LogP contribution is 2.00. The van der Waals surface area contributed by atoms with E-state index in [2.05, 4.69) is 20.9 Å². The van der Waals surface area contributed by atoms with E-state index >= 15 is 0 Å². The molecule has 1 heterocycles. The number of carbonyl (C=O) groups excluding carboxylic acids is 3. The number of amides is 4. The van der Waals surface area contributed by atoms with Crippen molar-refractivity contribution in [3.05, 3.63) is 0 Å². The van der Waals surface area contributed by atoms with Crippen molar-refractivity contribution >= 4 is 17.8 Å². The largest absolute Gasteiger partial charge is 0.385 e. The highest BCUT2D eigenvalue weighted by atomic mass is 16.5. The molecule has 0 spiro atoms. The molecule has 0 aromatic rings. The summed E-state index contributed by atoms with van der Waals surface area (Å²) in [6.07, 6.45) is 0.802. The number of nitrogens with one attached hydrogen (secondary N) is 3. The molecule has 0 radical (unpaired) electrons. The Balaban J connectivity index is 2.16. The minimum Gasteiger partial charge on any atom is -0.385 e. The summed E-state index contributed by atoms with van der Waals surface area (Å²) < 4.78 is 4.92. The number of methoxy groups -OCH3 is 1. The molecule has 1 rings (SSSR count). The Morgan fingerprint density at radius 1 is 1.00 bits per heavy atom. The van der Waals surface area contributed by atoms with E-state index in [9.17, 15) is 14.4 Å². The van der Waals surface area contributed by atoms with Crippen LogP contribution in [0.25, 0.3) is 0 Å². The molecule has 0 unspecified atom stereocenters. The van der Waals surface area contributed by atoms with Gasteiger partial charge in [0.05, 0.1) is 13.1 Å². The van der Waals surface area contributed by atoms with Crippen molar-refractivity contribution < 1.29 is 19.1 Å². The first kappa shape index (κ1) is 19.3. The first-order valence-corrected chi connectivity index (χ1v) is 7.77. The quantitative estimate of drug-likeness (QED) is 0.455. The average Bonchev–Trinajstić information content (AvgIpc) is 2.53. The van der Waals surface area contributed by atoms with Crippen molar-refractivity contribution in [2.24, 2.45) is 0 Å². The third kappa shape index (κ3) is 8.48. The standard InChI is InChI=1S/C14H27N5O4/c1-15-14(22)17-13(21)11-19-7-5-18(6-8-19)10-12(20)16-4-3-9-23-2/h3-11H2,1-2H3,(H,16,20)(H2,15,17,21,22). The van der Waals surface area contributed by atoms with Gasteiger partial charge in [-0.25, -0.2) is 4.79 Å². The highest BCUT2D eigenvalue weighted by molar-refractivity contribution is 5.95. The molecule has 132 valence electrons. The Labute approximate surface area is 136 Å². The molecule has 0 bridgehead atoms. The highest BCUT2D eigenvalue weighted by Gasteiger charge is 2.20. The lowest BCUT2D eigenvalue weighted by atomic mass is 10.3. The van der Waals surface area contributed by atoms with Gasteiger partial charge in [0, 0.05) is 53.5 Å². The third-order valence-electron chi connectivity index (χ3n) is 3.53. The minimum atomic E-state index is -0.501. The number of nitrogens with zero attached hydrogens (tertiary/aromatic N) is 2. The number of piperazine rings is 1. The van der Waals surface area contributed by atoms with Gasteiger partial charge in [0.2, 0.25) is 11.8 Å². The van der Waals surface area contributed by atoms with Gasteiger partial charge in [-0.2, -0.15) is 0 Å². The summed E-state index contributed by atoms with van der Waals surface area (Å²) in [6.45, 7) is 4.63. The van der Waals surface area contributed by atoms with Crippen LogP contribution >= 0.6 is 0 Å². The van der Waals surface area contributed by atoms with Gasteiger partial charge in [-0.05, 0) is 6.42 Å². The fourth-order valence-corrected chi connectivity index (χ4v) is 2.24. The summed E-state index contributed by atoms with van der Waals surface area (Å²) in [5.74, 6) is -0.319. The second-order valence-electron chi connectivity index (χ2n) is 5.38. The van der Waals surface area contributed by atoms with E-state index < -0.39 is 6.03 Å². The van der Waals surface area contributed by atoms with Gasteiger partial charge in [-0.15, -0.1) is 0 Å². The number of rotatable bonds is 8. The van der Waals surface area contributed by atoms with Crippen molar-refractivity contribution in [2.75, 3.05) is 66.6 Å². The molecule has 3 N–H and O–H groups in total. The molecule has 4 amide bonds. The van der Waals surface area contributed by atoms with Crippen LogP contribution in [0.5, 0.6) is 0 Å². The van der Waals surface area contributed by atoms with Gasteiger partial charge in [-0.1, -0.05) is 0 Å². The topological polar surface area (TPSA) is 103 Å². The molecule has 23 heavy (non-hydrogen) atoms. The lowest BCUT2D eigenvalue weighted by Crippen LogP contribution is -2.52. The lowest BCUT2D eigenvalue weighted by molar-refractivity contribution is -0.124. The first-order chi connectivity index (χ1) is 11.0. The summed E-state index contributed by atoms with van der Waals surface area (Å²) in [5.41, 5.74) is 0. The fourth-order valence-electron chi connectivity index (χ4n) is 2.24. The number of hydrogen-bond acceptors (Lipinski definition) is 6. The normalized spacial score (nSPS) is 15.9. The number of urea groups is 1. The molecule has 9 heteroatoms. The molecule has 0 saturated carbocycles. The fraction of sp³-hybridized carbons (Fsp3) is 0.786. The van der Waals surface area contributed by atoms with Crippen molar-refractivity contribution in [3.63, 3.8) is 0 Å². The molecule has 0 aromatic heterocycles. The predicted molar refractivity (Wildman–Crippen MR) is 85.0 cm³/mol. The summed E-state index contributed by atoms with van der Waals surface area (Å²) in [4.78, 5) is 38.4. The maximum atomic E-state index is 11.8. The van der Waals surface area contributed by atoms with Crippen LogP contribution in [-0.4, -0.2) is 94.2 Å². The Hall–Kier alpha value is -1.71. The van der Waals surface area contributed by atoms with Crippen molar-refractivity contribution in [2.45, 2.75) is 6.42 Å². The molecule has 1 fully saturated rings. The first-order valence-electron chi connectivity index (χ1n) is 7.77. The van der Waals surface area contributed by atoms with E-state index in [0.717, 1.165) is 19.5 Å².